The molecule has 0 aliphatic heterocycles. The number of hydrogen-bond donors (Lipinski definition) is 3. The van der Waals surface area contributed by atoms with Crippen LogP contribution in [0.25, 0.3) is 0 Å². The summed E-state index contributed by atoms with van der Waals surface area (Å²) in [7, 11) is -4.16. The molecule has 0 saturated heterocycles. The van der Waals surface area contributed by atoms with Crippen molar-refractivity contribution in [3.63, 3.8) is 0 Å². The van der Waals surface area contributed by atoms with E-state index in [4.69, 9.17) is 15.5 Å². The van der Waals surface area contributed by atoms with Gasteiger partial charge in [-0.2, -0.15) is 0 Å². The zero-order chi connectivity index (χ0) is 10.8. The zero-order valence-corrected chi connectivity index (χ0v) is 8.82. The molecule has 0 bridgehead atoms. The first kappa shape index (κ1) is 11.4. The Morgan fingerprint density at radius 1 is 1.36 bits per heavy atom. The molecule has 5 heteroatoms. The van der Waals surface area contributed by atoms with Gasteiger partial charge in [0.2, 0.25) is 0 Å². The van der Waals surface area contributed by atoms with Gasteiger partial charge in [-0.15, -0.1) is 0 Å². The average molecular weight is 215 g/mol. The van der Waals surface area contributed by atoms with Gasteiger partial charge in [-0.1, -0.05) is 29.8 Å². The van der Waals surface area contributed by atoms with E-state index >= 15 is 0 Å². The Labute approximate surface area is 82.9 Å². The van der Waals surface area contributed by atoms with E-state index in [1.165, 1.54) is 0 Å². The van der Waals surface area contributed by atoms with Crippen LogP contribution in [0, 0.1) is 6.92 Å². The summed E-state index contributed by atoms with van der Waals surface area (Å²) in [6.07, 6.45) is 0.199. The lowest BCUT2D eigenvalue weighted by molar-refractivity contribution is 0.358. The summed E-state index contributed by atoms with van der Waals surface area (Å²) < 4.78 is 10.8. The molecular weight excluding hydrogens is 201 g/mol. The highest BCUT2D eigenvalue weighted by Gasteiger charge is 2.24. The molecule has 78 valence electrons. The summed E-state index contributed by atoms with van der Waals surface area (Å²) in [4.78, 5) is 17.6. The molecule has 1 rings (SSSR count). The average Bonchev–Trinajstić information content (AvgIpc) is 2.07. The molecule has 1 atom stereocenters. The van der Waals surface area contributed by atoms with E-state index in [0.717, 1.165) is 11.1 Å². The van der Waals surface area contributed by atoms with Crippen molar-refractivity contribution in [2.45, 2.75) is 19.1 Å². The highest BCUT2D eigenvalue weighted by Crippen LogP contribution is 2.39. The maximum Gasteiger partial charge on any atom is 0.342 e. The first-order valence-electron chi connectivity index (χ1n) is 4.26. The molecule has 0 aliphatic carbocycles. The molecule has 14 heavy (non-hydrogen) atoms. The van der Waals surface area contributed by atoms with Crippen LogP contribution in [-0.2, 0) is 11.0 Å². The highest BCUT2D eigenvalue weighted by atomic mass is 31.2. The summed E-state index contributed by atoms with van der Waals surface area (Å²) in [6.45, 7) is 1.95. The van der Waals surface area contributed by atoms with E-state index in [1.807, 2.05) is 31.2 Å². The van der Waals surface area contributed by atoms with E-state index in [2.05, 4.69) is 0 Å². The Balaban J connectivity index is 2.70. The summed E-state index contributed by atoms with van der Waals surface area (Å²) in [5.74, 6) is -1.11. The predicted octanol–water partition coefficient (Wildman–Crippen LogP) is 1.00. The van der Waals surface area contributed by atoms with Crippen LogP contribution in [-0.4, -0.2) is 15.6 Å². The molecule has 4 nitrogen and oxygen atoms in total. The van der Waals surface area contributed by atoms with Gasteiger partial charge in [-0.25, -0.2) is 0 Å². The maximum absolute atomic E-state index is 10.8. The minimum atomic E-state index is -4.16. The summed E-state index contributed by atoms with van der Waals surface area (Å²) >= 11 is 0. The predicted molar refractivity (Wildman–Crippen MR) is 54.9 cm³/mol. The Morgan fingerprint density at radius 2 is 1.86 bits per heavy atom. The van der Waals surface area contributed by atoms with Crippen molar-refractivity contribution >= 4 is 7.60 Å². The Bertz CT molecular complexity index is 344. The van der Waals surface area contributed by atoms with E-state index in [0.29, 0.717) is 0 Å². The van der Waals surface area contributed by atoms with Gasteiger partial charge in [0, 0.05) is 0 Å². The monoisotopic (exact) mass is 215 g/mol. The summed E-state index contributed by atoms with van der Waals surface area (Å²) in [5, 5.41) is 0. The van der Waals surface area contributed by atoms with Crippen molar-refractivity contribution in [1.29, 1.82) is 0 Å². The first-order valence-corrected chi connectivity index (χ1v) is 5.94. The van der Waals surface area contributed by atoms with Crippen LogP contribution >= 0.6 is 7.60 Å². The minimum absolute atomic E-state index is 0.199. The Kier molecular flexibility index (Phi) is 3.45. The third-order valence-electron chi connectivity index (χ3n) is 2.00. The van der Waals surface area contributed by atoms with Crippen LogP contribution in [0.2, 0.25) is 0 Å². The molecular formula is C9H14NO3P. The summed E-state index contributed by atoms with van der Waals surface area (Å²) in [5.41, 5.74) is 7.31. The van der Waals surface area contributed by atoms with Crippen LogP contribution in [0.3, 0.4) is 0 Å². The Hall–Kier alpha value is -0.670. The second-order valence-corrected chi connectivity index (χ2v) is 5.19. The molecule has 0 aromatic heterocycles. The van der Waals surface area contributed by atoms with Gasteiger partial charge in [0.15, 0.2) is 0 Å². The van der Waals surface area contributed by atoms with E-state index < -0.39 is 13.4 Å². The lowest BCUT2D eigenvalue weighted by atomic mass is 10.1. The molecule has 0 spiro atoms. The zero-order valence-electron chi connectivity index (χ0n) is 7.92. The normalized spacial score (nSPS) is 14.0. The van der Waals surface area contributed by atoms with Crippen molar-refractivity contribution < 1.29 is 14.4 Å². The molecule has 0 radical (unpaired) electrons. The number of nitrogens with two attached hydrogens (primary N) is 1. The second kappa shape index (κ2) is 4.24. The number of aryl methyl sites for hydroxylation is 1. The van der Waals surface area contributed by atoms with Gasteiger partial charge >= 0.3 is 7.60 Å². The quantitative estimate of drug-likeness (QED) is 0.657. The number of hydrogen-bond acceptors (Lipinski definition) is 2. The first-order chi connectivity index (χ1) is 6.39. The summed E-state index contributed by atoms with van der Waals surface area (Å²) in [6, 6.07) is 7.43. The largest absolute Gasteiger partial charge is 0.342 e. The van der Waals surface area contributed by atoms with Crippen LogP contribution in [0.1, 0.15) is 11.1 Å². The van der Waals surface area contributed by atoms with Gasteiger partial charge in [0.25, 0.3) is 0 Å². The van der Waals surface area contributed by atoms with Crippen molar-refractivity contribution in [3.05, 3.63) is 35.4 Å². The van der Waals surface area contributed by atoms with E-state index in [-0.39, 0.29) is 6.42 Å². The van der Waals surface area contributed by atoms with Gasteiger partial charge in [-0.3, -0.25) is 4.57 Å². The van der Waals surface area contributed by atoms with Crippen molar-refractivity contribution in [1.82, 2.24) is 0 Å². The molecule has 0 aliphatic rings. The number of benzene rings is 1. The maximum atomic E-state index is 10.8. The fourth-order valence-corrected chi connectivity index (χ4v) is 1.53. The van der Waals surface area contributed by atoms with Gasteiger partial charge in [0.1, 0.15) is 5.78 Å². The second-order valence-electron chi connectivity index (χ2n) is 3.35. The van der Waals surface area contributed by atoms with Gasteiger partial charge in [0.05, 0.1) is 0 Å². The molecule has 0 fully saturated rings. The molecule has 4 N–H and O–H groups in total. The standard InChI is InChI=1S/C9H14NO3P/c1-7-2-4-8(5-3-7)6-9(10)14(11,12)13/h2-5,9H,6,10H2,1H3,(H2,11,12,13). The lowest BCUT2D eigenvalue weighted by Crippen LogP contribution is -2.22. The van der Waals surface area contributed by atoms with Crippen molar-refractivity contribution in [2.75, 3.05) is 0 Å². The van der Waals surface area contributed by atoms with Crippen molar-refractivity contribution in [2.24, 2.45) is 5.73 Å². The smallest absolute Gasteiger partial charge is 0.323 e. The fraction of sp³-hybridized carbons (Fsp3) is 0.333. The molecule has 1 aromatic rings. The highest BCUT2D eigenvalue weighted by molar-refractivity contribution is 7.52. The van der Waals surface area contributed by atoms with Gasteiger partial charge in [-0.05, 0) is 18.9 Å². The van der Waals surface area contributed by atoms with Crippen LogP contribution < -0.4 is 5.73 Å². The van der Waals surface area contributed by atoms with E-state index in [9.17, 15) is 4.57 Å². The minimum Gasteiger partial charge on any atom is -0.323 e. The molecule has 0 saturated carbocycles. The topological polar surface area (TPSA) is 83.6 Å². The molecule has 1 aromatic carbocycles. The third-order valence-corrected chi connectivity index (χ3v) is 3.04. The third kappa shape index (κ3) is 3.24. The molecule has 1 unspecified atom stereocenters. The van der Waals surface area contributed by atoms with Crippen LogP contribution in [0.5, 0.6) is 0 Å². The lowest BCUT2D eigenvalue weighted by Gasteiger charge is -2.13. The molecule has 0 amide bonds. The number of rotatable bonds is 3. The molecule has 0 heterocycles. The van der Waals surface area contributed by atoms with Gasteiger partial charge < -0.3 is 15.5 Å². The Morgan fingerprint density at radius 3 is 2.29 bits per heavy atom. The van der Waals surface area contributed by atoms with Crippen molar-refractivity contribution in [3.8, 4) is 0 Å². The SMILES string of the molecule is Cc1ccc(CC(N)P(=O)(O)O)cc1. The van der Waals surface area contributed by atoms with E-state index in [1.54, 1.807) is 0 Å². The van der Waals surface area contributed by atoms with Crippen LogP contribution in [0.4, 0.5) is 0 Å². The van der Waals surface area contributed by atoms with Crippen LogP contribution in [0.15, 0.2) is 24.3 Å². The fourth-order valence-electron chi connectivity index (χ4n) is 1.08.